The van der Waals surface area contributed by atoms with Crippen molar-refractivity contribution in [3.05, 3.63) is 35.4 Å². The molecule has 0 radical (unpaired) electrons. The van der Waals surface area contributed by atoms with Gasteiger partial charge >= 0.3 is 0 Å². The third kappa shape index (κ3) is 6.33. The van der Waals surface area contributed by atoms with Gasteiger partial charge in [-0.15, -0.1) is 0 Å². The monoisotopic (exact) mass is 277 g/mol. The molecule has 1 aromatic rings. The van der Waals surface area contributed by atoms with Gasteiger partial charge in [-0.05, 0) is 31.9 Å². The van der Waals surface area contributed by atoms with Gasteiger partial charge in [0.25, 0.3) is 0 Å². The van der Waals surface area contributed by atoms with Crippen molar-refractivity contribution in [1.29, 1.82) is 0 Å². The van der Waals surface area contributed by atoms with Gasteiger partial charge in [0, 0.05) is 12.1 Å². The van der Waals surface area contributed by atoms with E-state index in [9.17, 15) is 9.59 Å². The standard InChI is InChI=1S/C15H23N3O2/c1-15(2,3)18-14(20)10-17-13(19)8-11-4-6-12(9-16)7-5-11/h4-7H,8-10,16H2,1-3H3,(H,17,19)(H,18,20). The Bertz CT molecular complexity index is 461. The van der Waals surface area contributed by atoms with Crippen molar-refractivity contribution in [2.45, 2.75) is 39.3 Å². The maximum Gasteiger partial charge on any atom is 0.239 e. The minimum atomic E-state index is -0.292. The van der Waals surface area contributed by atoms with Crippen LogP contribution in [0.25, 0.3) is 0 Å². The lowest BCUT2D eigenvalue weighted by Crippen LogP contribution is -2.46. The first kappa shape index (κ1) is 16.2. The number of amides is 2. The second-order valence-corrected chi connectivity index (χ2v) is 5.77. The largest absolute Gasteiger partial charge is 0.350 e. The van der Waals surface area contributed by atoms with Gasteiger partial charge in [-0.3, -0.25) is 9.59 Å². The predicted octanol–water partition coefficient (Wildman–Crippen LogP) is 0.719. The Kier molecular flexibility index (Phi) is 5.70. The number of benzene rings is 1. The minimum Gasteiger partial charge on any atom is -0.350 e. The zero-order valence-electron chi connectivity index (χ0n) is 12.3. The van der Waals surface area contributed by atoms with E-state index in [1.54, 1.807) is 0 Å². The molecule has 0 aromatic heterocycles. The summed E-state index contributed by atoms with van der Waals surface area (Å²) in [6.07, 6.45) is 0.258. The fourth-order valence-corrected chi connectivity index (χ4v) is 1.68. The van der Waals surface area contributed by atoms with Gasteiger partial charge in [-0.25, -0.2) is 0 Å². The quantitative estimate of drug-likeness (QED) is 0.741. The van der Waals surface area contributed by atoms with Crippen LogP contribution in [-0.4, -0.2) is 23.9 Å². The smallest absolute Gasteiger partial charge is 0.239 e. The molecule has 0 fully saturated rings. The molecule has 2 amide bonds. The van der Waals surface area contributed by atoms with Crippen LogP contribution in [0.3, 0.4) is 0 Å². The van der Waals surface area contributed by atoms with E-state index in [4.69, 9.17) is 5.73 Å². The van der Waals surface area contributed by atoms with E-state index in [-0.39, 0.29) is 30.3 Å². The third-order valence-corrected chi connectivity index (χ3v) is 2.58. The fourth-order valence-electron chi connectivity index (χ4n) is 1.68. The van der Waals surface area contributed by atoms with Gasteiger partial charge < -0.3 is 16.4 Å². The summed E-state index contributed by atoms with van der Waals surface area (Å²) in [5, 5.41) is 5.39. The summed E-state index contributed by atoms with van der Waals surface area (Å²) in [4.78, 5) is 23.3. The van der Waals surface area contributed by atoms with E-state index in [2.05, 4.69) is 10.6 Å². The Morgan fingerprint density at radius 3 is 2.10 bits per heavy atom. The van der Waals surface area contributed by atoms with Crippen molar-refractivity contribution in [3.63, 3.8) is 0 Å². The molecule has 0 unspecified atom stereocenters. The van der Waals surface area contributed by atoms with Crippen LogP contribution in [0.15, 0.2) is 24.3 Å². The number of hydrogen-bond acceptors (Lipinski definition) is 3. The summed E-state index contributed by atoms with van der Waals surface area (Å²) in [7, 11) is 0. The normalized spacial score (nSPS) is 11.0. The second kappa shape index (κ2) is 7.05. The molecule has 5 heteroatoms. The first-order valence-electron chi connectivity index (χ1n) is 6.66. The van der Waals surface area contributed by atoms with Crippen molar-refractivity contribution in [2.75, 3.05) is 6.54 Å². The molecular weight excluding hydrogens is 254 g/mol. The Balaban J connectivity index is 2.38. The number of carbonyl (C=O) groups is 2. The predicted molar refractivity (Wildman–Crippen MR) is 78.9 cm³/mol. The van der Waals surface area contributed by atoms with E-state index in [0.717, 1.165) is 11.1 Å². The summed E-state index contributed by atoms with van der Waals surface area (Å²) in [5.41, 5.74) is 7.14. The molecule has 0 aliphatic rings. The highest BCUT2D eigenvalue weighted by atomic mass is 16.2. The van der Waals surface area contributed by atoms with E-state index < -0.39 is 0 Å². The summed E-state index contributed by atoms with van der Waals surface area (Å²) in [5.74, 6) is -0.362. The summed E-state index contributed by atoms with van der Waals surface area (Å²) in [6.45, 7) is 6.17. The molecule has 1 rings (SSSR count). The van der Waals surface area contributed by atoms with Crippen molar-refractivity contribution in [1.82, 2.24) is 10.6 Å². The Labute approximate surface area is 119 Å². The number of carbonyl (C=O) groups excluding carboxylic acids is 2. The molecule has 0 atom stereocenters. The van der Waals surface area contributed by atoms with Gasteiger partial charge in [-0.2, -0.15) is 0 Å². The van der Waals surface area contributed by atoms with Crippen LogP contribution >= 0.6 is 0 Å². The first-order valence-corrected chi connectivity index (χ1v) is 6.66. The molecule has 1 aromatic carbocycles. The molecule has 0 aliphatic carbocycles. The van der Waals surface area contributed by atoms with E-state index >= 15 is 0 Å². The number of hydrogen-bond donors (Lipinski definition) is 3. The first-order chi connectivity index (χ1) is 9.30. The zero-order chi connectivity index (χ0) is 15.2. The molecule has 0 heterocycles. The van der Waals surface area contributed by atoms with Crippen LogP contribution in [0, 0.1) is 0 Å². The van der Waals surface area contributed by atoms with Crippen LogP contribution in [0.4, 0.5) is 0 Å². The number of nitrogens with one attached hydrogen (secondary N) is 2. The number of rotatable bonds is 5. The van der Waals surface area contributed by atoms with Crippen LogP contribution in [-0.2, 0) is 22.6 Å². The highest BCUT2D eigenvalue weighted by Crippen LogP contribution is 2.04. The highest BCUT2D eigenvalue weighted by Gasteiger charge is 2.14. The third-order valence-electron chi connectivity index (χ3n) is 2.58. The lowest BCUT2D eigenvalue weighted by atomic mass is 10.1. The molecule has 20 heavy (non-hydrogen) atoms. The van der Waals surface area contributed by atoms with Gasteiger partial charge in [0.1, 0.15) is 0 Å². The summed E-state index contributed by atoms with van der Waals surface area (Å²) in [6, 6.07) is 7.54. The van der Waals surface area contributed by atoms with E-state index in [1.165, 1.54) is 0 Å². The maximum absolute atomic E-state index is 11.7. The second-order valence-electron chi connectivity index (χ2n) is 5.77. The van der Waals surface area contributed by atoms with Gasteiger partial charge in [0.15, 0.2) is 0 Å². The molecule has 5 nitrogen and oxygen atoms in total. The van der Waals surface area contributed by atoms with Gasteiger partial charge in [-0.1, -0.05) is 24.3 Å². The van der Waals surface area contributed by atoms with Crippen molar-refractivity contribution >= 4 is 11.8 Å². The highest BCUT2D eigenvalue weighted by molar-refractivity contribution is 5.85. The van der Waals surface area contributed by atoms with Crippen LogP contribution in [0.1, 0.15) is 31.9 Å². The van der Waals surface area contributed by atoms with Crippen molar-refractivity contribution in [2.24, 2.45) is 5.73 Å². The lowest BCUT2D eigenvalue weighted by Gasteiger charge is -2.20. The Morgan fingerprint density at radius 2 is 1.60 bits per heavy atom. The van der Waals surface area contributed by atoms with Gasteiger partial charge in [0.05, 0.1) is 13.0 Å². The average Bonchev–Trinajstić information content (AvgIpc) is 2.35. The fraction of sp³-hybridized carbons (Fsp3) is 0.467. The van der Waals surface area contributed by atoms with E-state index in [1.807, 2.05) is 45.0 Å². The average molecular weight is 277 g/mol. The SMILES string of the molecule is CC(C)(C)NC(=O)CNC(=O)Cc1ccc(CN)cc1. The molecule has 0 spiro atoms. The number of nitrogens with two attached hydrogens (primary N) is 1. The lowest BCUT2D eigenvalue weighted by molar-refractivity contribution is -0.126. The molecule has 0 saturated heterocycles. The molecule has 110 valence electrons. The summed E-state index contributed by atoms with van der Waals surface area (Å²) >= 11 is 0. The minimum absolute atomic E-state index is 0.00299. The van der Waals surface area contributed by atoms with Crippen molar-refractivity contribution in [3.8, 4) is 0 Å². The molecular formula is C15H23N3O2. The van der Waals surface area contributed by atoms with Crippen molar-refractivity contribution < 1.29 is 9.59 Å². The van der Waals surface area contributed by atoms with E-state index in [0.29, 0.717) is 6.54 Å². The maximum atomic E-state index is 11.7. The molecule has 4 N–H and O–H groups in total. The molecule has 0 bridgehead atoms. The van der Waals surface area contributed by atoms with Crippen LogP contribution in [0.2, 0.25) is 0 Å². The Morgan fingerprint density at radius 1 is 1.05 bits per heavy atom. The Hall–Kier alpha value is -1.88. The molecule has 0 saturated carbocycles. The van der Waals surface area contributed by atoms with Crippen LogP contribution < -0.4 is 16.4 Å². The topological polar surface area (TPSA) is 84.2 Å². The zero-order valence-corrected chi connectivity index (χ0v) is 12.3. The summed E-state index contributed by atoms with van der Waals surface area (Å²) < 4.78 is 0. The van der Waals surface area contributed by atoms with Gasteiger partial charge in [0.2, 0.25) is 11.8 Å². The molecule has 0 aliphatic heterocycles. The van der Waals surface area contributed by atoms with Crippen LogP contribution in [0.5, 0.6) is 0 Å².